The van der Waals surface area contributed by atoms with Gasteiger partial charge in [0.1, 0.15) is 13.2 Å². The van der Waals surface area contributed by atoms with Crippen molar-refractivity contribution in [3.63, 3.8) is 0 Å². The Hall–Kier alpha value is -2.74. The van der Waals surface area contributed by atoms with Crippen LogP contribution in [-0.2, 0) is 9.47 Å². The fourth-order valence-corrected chi connectivity index (χ4v) is 4.46. The highest BCUT2D eigenvalue weighted by molar-refractivity contribution is 6.04. The van der Waals surface area contributed by atoms with E-state index in [-0.39, 0.29) is 11.9 Å². The number of carbonyl (C=O) groups excluding carboxylic acids is 2. The van der Waals surface area contributed by atoms with Crippen molar-refractivity contribution >= 4 is 17.6 Å². The van der Waals surface area contributed by atoms with Crippen LogP contribution in [0, 0.1) is 5.41 Å². The van der Waals surface area contributed by atoms with E-state index in [0.717, 1.165) is 50.8 Å². The largest absolute Gasteiger partial charge is 0.456 e. The second kappa shape index (κ2) is 23.7. The van der Waals surface area contributed by atoms with E-state index in [1.165, 1.54) is 38.5 Å². The zero-order valence-corrected chi connectivity index (χ0v) is 28.4. The van der Waals surface area contributed by atoms with Crippen LogP contribution < -0.4 is 5.32 Å². The highest BCUT2D eigenvalue weighted by Crippen LogP contribution is 2.22. The number of anilines is 1. The fraction of sp³-hybridized carbons (Fsp3) is 0.611. The van der Waals surface area contributed by atoms with Crippen molar-refractivity contribution in [3.05, 3.63) is 65.7 Å². The van der Waals surface area contributed by atoms with Gasteiger partial charge in [0.05, 0.1) is 25.2 Å². The molecule has 0 heterocycles. The van der Waals surface area contributed by atoms with Crippen LogP contribution >= 0.6 is 0 Å². The first-order chi connectivity index (χ1) is 20.6. The van der Waals surface area contributed by atoms with Crippen molar-refractivity contribution in [1.29, 1.82) is 0 Å². The fourth-order valence-electron chi connectivity index (χ4n) is 4.46. The van der Waals surface area contributed by atoms with Gasteiger partial charge in [0.2, 0.25) is 0 Å². The number of ether oxygens (including phenoxy) is 2. The van der Waals surface area contributed by atoms with Gasteiger partial charge in [-0.2, -0.15) is 0 Å². The molecule has 0 fully saturated rings. The minimum Gasteiger partial charge on any atom is -0.456 e. The van der Waals surface area contributed by atoms with Crippen LogP contribution in [0.3, 0.4) is 0 Å². The minimum absolute atomic E-state index is 0.181. The van der Waals surface area contributed by atoms with E-state index in [9.17, 15) is 9.59 Å². The smallest absolute Gasteiger partial charge is 0.338 e. The molecular weight excluding hydrogens is 540 g/mol. The van der Waals surface area contributed by atoms with Crippen LogP contribution in [0.5, 0.6) is 0 Å². The molecule has 2 aromatic rings. The van der Waals surface area contributed by atoms with Crippen molar-refractivity contribution in [2.45, 2.75) is 86.5 Å². The van der Waals surface area contributed by atoms with Gasteiger partial charge in [-0.25, -0.2) is 4.79 Å². The van der Waals surface area contributed by atoms with Crippen LogP contribution in [0.25, 0.3) is 0 Å². The van der Waals surface area contributed by atoms with Crippen molar-refractivity contribution < 1.29 is 28.7 Å². The number of benzene rings is 2. The lowest BCUT2D eigenvalue weighted by Crippen LogP contribution is -2.51. The second-order valence-electron chi connectivity index (χ2n) is 12.0. The lowest BCUT2D eigenvalue weighted by atomic mass is 9.91. The number of carbonyl (C=O) groups is 2. The number of rotatable bonds is 17. The van der Waals surface area contributed by atoms with Crippen molar-refractivity contribution in [2.75, 3.05) is 58.9 Å². The normalized spacial score (nSPS) is 11.0. The number of quaternary nitrogens is 1. The molecule has 1 amide bonds. The van der Waals surface area contributed by atoms with Gasteiger partial charge >= 0.3 is 5.97 Å². The van der Waals surface area contributed by atoms with E-state index in [1.54, 1.807) is 43.5 Å². The third kappa shape index (κ3) is 18.5. The van der Waals surface area contributed by atoms with Crippen LogP contribution in [0.4, 0.5) is 5.69 Å². The number of esters is 1. The summed E-state index contributed by atoms with van der Waals surface area (Å²) in [6.45, 7) is 18.7. The Morgan fingerprint density at radius 3 is 1.88 bits per heavy atom. The maximum Gasteiger partial charge on any atom is 0.338 e. The van der Waals surface area contributed by atoms with E-state index < -0.39 is 0 Å². The number of likely N-dealkylation sites (N-methyl/N-ethyl adjacent to an activating group) is 1. The molecule has 0 unspecified atom stereocenters. The molecule has 0 aliphatic heterocycles. The quantitative estimate of drug-likeness (QED) is 0.109. The van der Waals surface area contributed by atoms with Crippen LogP contribution in [0.2, 0.25) is 0 Å². The Morgan fingerprint density at radius 2 is 1.35 bits per heavy atom. The number of methoxy groups -OCH3 is 1. The summed E-state index contributed by atoms with van der Waals surface area (Å²) in [6.07, 6.45) is 9.24. The van der Waals surface area contributed by atoms with Gasteiger partial charge in [-0.1, -0.05) is 78.0 Å². The van der Waals surface area contributed by atoms with Gasteiger partial charge in [-0.15, -0.1) is 0 Å². The van der Waals surface area contributed by atoms with Gasteiger partial charge in [0, 0.05) is 38.5 Å². The number of nitrogens with zero attached hydrogens (tertiary/aromatic N) is 1. The number of nitrogens with one attached hydrogen (secondary N) is 1. The summed E-state index contributed by atoms with van der Waals surface area (Å²) in [5.74, 6) is -0.513. The predicted octanol–water partition coefficient (Wildman–Crippen LogP) is 7.99. The van der Waals surface area contributed by atoms with E-state index in [1.807, 2.05) is 18.2 Å². The molecule has 0 spiro atoms. The molecule has 0 saturated carbocycles. The zero-order valence-electron chi connectivity index (χ0n) is 28.4. The Balaban J connectivity index is 0.00000124. The zero-order chi connectivity index (χ0) is 32.6. The molecule has 43 heavy (non-hydrogen) atoms. The topological polar surface area (TPSA) is 84.9 Å². The summed E-state index contributed by atoms with van der Waals surface area (Å²) in [4.78, 5) is 24.7. The molecule has 0 aliphatic rings. The first kappa shape index (κ1) is 40.3. The molecule has 2 aromatic carbocycles. The number of hydrogen-bond acceptors (Lipinski definition) is 5. The SMILES string of the molecule is CCCCCCCCOC.CC[N+](CC)(CCOC(=O)c1ccc(NC(=O)c2ccccc2)cc1)CCC(C)(C)C.CO. The number of amides is 1. The van der Waals surface area contributed by atoms with Crippen LogP contribution in [0.1, 0.15) is 107 Å². The monoisotopic (exact) mass is 601 g/mol. The van der Waals surface area contributed by atoms with Crippen LogP contribution in [-0.4, -0.2) is 75.1 Å². The molecule has 7 nitrogen and oxygen atoms in total. The van der Waals surface area contributed by atoms with Gasteiger partial charge in [-0.3, -0.25) is 4.79 Å². The average molecular weight is 602 g/mol. The molecular formula is C36H61N2O5+. The maximum absolute atomic E-state index is 12.5. The highest BCUT2D eigenvalue weighted by Gasteiger charge is 2.26. The minimum atomic E-state index is -0.331. The third-order valence-electron chi connectivity index (χ3n) is 7.59. The summed E-state index contributed by atoms with van der Waals surface area (Å²) in [6, 6.07) is 15.8. The number of hydrogen-bond donors (Lipinski definition) is 2. The molecule has 0 radical (unpaired) electrons. The van der Waals surface area contributed by atoms with Gasteiger partial charge in [-0.05, 0) is 62.1 Å². The molecule has 0 saturated heterocycles. The van der Waals surface area contributed by atoms with Gasteiger partial charge in [0.25, 0.3) is 5.91 Å². The molecule has 244 valence electrons. The van der Waals surface area contributed by atoms with Crippen molar-refractivity contribution in [2.24, 2.45) is 5.41 Å². The number of unbranched alkanes of at least 4 members (excludes halogenated alkanes) is 5. The highest BCUT2D eigenvalue weighted by atomic mass is 16.5. The predicted molar refractivity (Wildman–Crippen MR) is 180 cm³/mol. The van der Waals surface area contributed by atoms with E-state index in [4.69, 9.17) is 14.6 Å². The summed E-state index contributed by atoms with van der Waals surface area (Å²) < 4.78 is 11.5. The summed E-state index contributed by atoms with van der Waals surface area (Å²) >= 11 is 0. The Bertz CT molecular complexity index is 959. The van der Waals surface area contributed by atoms with Gasteiger partial charge in [0.15, 0.2) is 0 Å². The van der Waals surface area contributed by atoms with Crippen molar-refractivity contribution in [3.8, 4) is 0 Å². The molecule has 0 atom stereocenters. The average Bonchev–Trinajstić information content (AvgIpc) is 3.02. The van der Waals surface area contributed by atoms with Crippen molar-refractivity contribution in [1.82, 2.24) is 0 Å². The van der Waals surface area contributed by atoms with Crippen LogP contribution in [0.15, 0.2) is 54.6 Å². The molecule has 0 aliphatic carbocycles. The van der Waals surface area contributed by atoms with E-state index >= 15 is 0 Å². The second-order valence-corrected chi connectivity index (χ2v) is 12.0. The molecule has 7 heteroatoms. The Labute approximate surface area is 262 Å². The standard InChI is InChI=1S/C26H36N2O3.C9H20O.CH4O/c1-6-28(7-2,18-17-26(3,4)5)19-20-31-25(30)22-13-15-23(16-14-22)27-24(29)21-11-9-8-10-12-21;1-3-4-5-6-7-8-9-10-2;1-2/h8-16H,6-7,17-20H2,1-5H3;3-9H2,1-2H3;2H,1H3/p+1. The molecule has 2 N–H and O–H groups in total. The Morgan fingerprint density at radius 1 is 0.767 bits per heavy atom. The van der Waals surface area contributed by atoms with E-state index in [0.29, 0.717) is 28.8 Å². The van der Waals surface area contributed by atoms with Gasteiger partial charge < -0.3 is 24.4 Å². The molecule has 0 aromatic heterocycles. The summed E-state index contributed by atoms with van der Waals surface area (Å²) in [5.41, 5.74) is 2.01. The first-order valence-electron chi connectivity index (χ1n) is 16.0. The summed E-state index contributed by atoms with van der Waals surface area (Å²) in [7, 11) is 2.77. The maximum atomic E-state index is 12.5. The first-order valence-corrected chi connectivity index (χ1v) is 16.0. The number of aliphatic hydroxyl groups is 1. The lowest BCUT2D eigenvalue weighted by Gasteiger charge is -2.38. The molecule has 0 bridgehead atoms. The number of aliphatic hydroxyl groups excluding tert-OH is 1. The third-order valence-corrected chi connectivity index (χ3v) is 7.59. The van der Waals surface area contributed by atoms with E-state index in [2.05, 4.69) is 46.9 Å². The lowest BCUT2D eigenvalue weighted by molar-refractivity contribution is -0.925. The Kier molecular flexibility index (Phi) is 22.2. The molecule has 2 rings (SSSR count). The summed E-state index contributed by atoms with van der Waals surface area (Å²) in [5, 5.41) is 9.84.